The molecular formula is C7H5ClIN3. The molecule has 0 spiro atoms. The fourth-order valence-corrected chi connectivity index (χ4v) is 1.80. The quantitative estimate of drug-likeness (QED) is 0.551. The number of rotatable bonds is 0. The Balaban J connectivity index is 2.95. The Hall–Kier alpha value is -0.360. The Morgan fingerprint density at radius 1 is 1.50 bits per heavy atom. The molecule has 0 radical (unpaired) electrons. The summed E-state index contributed by atoms with van der Waals surface area (Å²) in [5.41, 5.74) is 0.874. The van der Waals surface area contributed by atoms with Crippen LogP contribution in [0, 0.1) is 3.70 Å². The highest BCUT2D eigenvalue weighted by Gasteiger charge is 2.07. The lowest BCUT2D eigenvalue weighted by Gasteiger charge is -1.95. The normalized spacial score (nSPS) is 10.9. The summed E-state index contributed by atoms with van der Waals surface area (Å²) in [6.07, 6.45) is 1.47. The summed E-state index contributed by atoms with van der Waals surface area (Å²) in [5, 5.41) is 1.42. The van der Waals surface area contributed by atoms with Crippen LogP contribution in [0.15, 0.2) is 12.4 Å². The van der Waals surface area contributed by atoms with Gasteiger partial charge < -0.3 is 4.57 Å². The van der Waals surface area contributed by atoms with Crippen LogP contribution in [0.25, 0.3) is 11.0 Å². The Kier molecular flexibility index (Phi) is 1.96. The van der Waals surface area contributed by atoms with Gasteiger partial charge in [0.15, 0.2) is 0 Å². The molecular weight excluding hydrogens is 288 g/mol. The number of fused-ring (bicyclic) bond motifs is 1. The largest absolute Gasteiger partial charge is 0.324 e. The van der Waals surface area contributed by atoms with Crippen LogP contribution in [0.4, 0.5) is 0 Å². The van der Waals surface area contributed by atoms with Crippen molar-refractivity contribution in [2.45, 2.75) is 0 Å². The molecule has 0 aliphatic heterocycles. The van der Waals surface area contributed by atoms with Gasteiger partial charge in [-0.25, -0.2) is 9.97 Å². The van der Waals surface area contributed by atoms with E-state index in [1.807, 2.05) is 17.7 Å². The fourth-order valence-electron chi connectivity index (χ4n) is 1.07. The van der Waals surface area contributed by atoms with Crippen molar-refractivity contribution in [3.8, 4) is 0 Å². The van der Waals surface area contributed by atoms with Crippen LogP contribution in [0.1, 0.15) is 0 Å². The lowest BCUT2D eigenvalue weighted by molar-refractivity contribution is 0.916. The second-order valence-corrected chi connectivity index (χ2v) is 3.89. The second kappa shape index (κ2) is 2.85. The predicted octanol–water partition coefficient (Wildman–Crippen LogP) is 2.23. The summed E-state index contributed by atoms with van der Waals surface area (Å²) in [6.45, 7) is 0. The van der Waals surface area contributed by atoms with Gasteiger partial charge in [0.2, 0.25) is 0 Å². The van der Waals surface area contributed by atoms with Crippen LogP contribution in [-0.2, 0) is 7.05 Å². The van der Waals surface area contributed by atoms with Gasteiger partial charge in [-0.15, -0.1) is 0 Å². The fraction of sp³-hybridized carbons (Fsp3) is 0.143. The second-order valence-electron chi connectivity index (χ2n) is 2.43. The van der Waals surface area contributed by atoms with E-state index in [0.717, 1.165) is 14.7 Å². The van der Waals surface area contributed by atoms with Crippen LogP contribution in [-0.4, -0.2) is 14.5 Å². The van der Waals surface area contributed by atoms with Crippen LogP contribution in [0.3, 0.4) is 0 Å². The van der Waals surface area contributed by atoms with Crippen molar-refractivity contribution in [3.63, 3.8) is 0 Å². The van der Waals surface area contributed by atoms with Crippen LogP contribution in [0.2, 0.25) is 5.15 Å². The van der Waals surface area contributed by atoms with Gasteiger partial charge in [-0.3, -0.25) is 0 Å². The topological polar surface area (TPSA) is 30.7 Å². The molecule has 2 rings (SSSR count). The highest BCUT2D eigenvalue weighted by atomic mass is 127. The van der Waals surface area contributed by atoms with Crippen molar-refractivity contribution in [3.05, 3.63) is 21.2 Å². The number of halogens is 2. The van der Waals surface area contributed by atoms with Crippen molar-refractivity contribution < 1.29 is 0 Å². The minimum atomic E-state index is 0.513. The molecule has 62 valence electrons. The van der Waals surface area contributed by atoms with Gasteiger partial charge in [0, 0.05) is 7.05 Å². The molecule has 2 aromatic heterocycles. The van der Waals surface area contributed by atoms with Gasteiger partial charge in [-0.1, -0.05) is 11.6 Å². The number of aromatic nitrogens is 3. The summed E-state index contributed by atoms with van der Waals surface area (Å²) in [4.78, 5) is 8.02. The molecule has 2 aromatic rings. The molecule has 0 fully saturated rings. The molecule has 0 aliphatic rings. The number of hydrogen-bond acceptors (Lipinski definition) is 2. The lowest BCUT2D eigenvalue weighted by atomic mass is 10.4. The van der Waals surface area contributed by atoms with Crippen molar-refractivity contribution >= 4 is 45.2 Å². The molecule has 0 N–H and O–H groups in total. The summed E-state index contributed by atoms with van der Waals surface area (Å²) >= 11 is 8.11. The smallest absolute Gasteiger partial charge is 0.145 e. The maximum absolute atomic E-state index is 5.87. The summed E-state index contributed by atoms with van der Waals surface area (Å²) in [7, 11) is 1.95. The minimum Gasteiger partial charge on any atom is -0.324 e. The first-order valence-corrected chi connectivity index (χ1v) is 4.77. The lowest BCUT2D eigenvalue weighted by Crippen LogP contribution is -1.91. The Morgan fingerprint density at radius 2 is 2.25 bits per heavy atom. The van der Waals surface area contributed by atoms with E-state index in [0.29, 0.717) is 5.15 Å². The number of hydrogen-bond donors (Lipinski definition) is 0. The van der Waals surface area contributed by atoms with E-state index in [-0.39, 0.29) is 0 Å². The molecule has 0 saturated carbocycles. The molecule has 0 aliphatic carbocycles. The van der Waals surface area contributed by atoms with E-state index in [9.17, 15) is 0 Å². The predicted molar refractivity (Wildman–Crippen MR) is 56.2 cm³/mol. The Labute approximate surface area is 87.9 Å². The van der Waals surface area contributed by atoms with E-state index >= 15 is 0 Å². The first-order valence-electron chi connectivity index (χ1n) is 3.31. The highest BCUT2D eigenvalue weighted by Crippen LogP contribution is 2.22. The van der Waals surface area contributed by atoms with E-state index in [4.69, 9.17) is 11.6 Å². The first-order chi connectivity index (χ1) is 5.70. The average molecular weight is 293 g/mol. The zero-order chi connectivity index (χ0) is 8.72. The van der Waals surface area contributed by atoms with Gasteiger partial charge >= 0.3 is 0 Å². The van der Waals surface area contributed by atoms with Crippen LogP contribution >= 0.6 is 34.2 Å². The van der Waals surface area contributed by atoms with Crippen molar-refractivity contribution in [2.75, 3.05) is 0 Å². The molecule has 0 aromatic carbocycles. The van der Waals surface area contributed by atoms with E-state index < -0.39 is 0 Å². The number of nitrogens with zero attached hydrogens (tertiary/aromatic N) is 3. The minimum absolute atomic E-state index is 0.513. The molecule has 2 heterocycles. The van der Waals surface area contributed by atoms with Crippen molar-refractivity contribution in [2.24, 2.45) is 7.05 Å². The standard InChI is InChI=1S/C7H5ClIN3/c1-12-5(9)2-4-6(8)10-3-11-7(4)12/h2-3H,1H3. The van der Waals surface area contributed by atoms with Gasteiger partial charge in [-0.2, -0.15) is 0 Å². The maximum atomic E-state index is 5.87. The van der Waals surface area contributed by atoms with Crippen molar-refractivity contribution in [1.82, 2.24) is 14.5 Å². The number of aryl methyl sites for hydroxylation is 1. The average Bonchev–Trinajstić information content (AvgIpc) is 2.32. The summed E-state index contributed by atoms with van der Waals surface area (Å²) in [6, 6.07) is 1.97. The molecule has 5 heteroatoms. The molecule has 3 nitrogen and oxygen atoms in total. The highest BCUT2D eigenvalue weighted by molar-refractivity contribution is 14.1. The Morgan fingerprint density at radius 3 is 2.92 bits per heavy atom. The van der Waals surface area contributed by atoms with Gasteiger partial charge in [0.1, 0.15) is 17.1 Å². The van der Waals surface area contributed by atoms with Gasteiger partial charge in [0.05, 0.1) is 9.09 Å². The van der Waals surface area contributed by atoms with Crippen molar-refractivity contribution in [1.29, 1.82) is 0 Å². The third-order valence-corrected chi connectivity index (χ3v) is 3.05. The van der Waals surface area contributed by atoms with E-state index in [1.165, 1.54) is 6.33 Å². The molecule has 0 atom stereocenters. The monoisotopic (exact) mass is 293 g/mol. The molecule has 0 saturated heterocycles. The van der Waals surface area contributed by atoms with Crippen LogP contribution in [0.5, 0.6) is 0 Å². The molecule has 0 amide bonds. The molecule has 0 bridgehead atoms. The third kappa shape index (κ3) is 1.09. The summed E-state index contributed by atoms with van der Waals surface area (Å²) < 4.78 is 3.08. The van der Waals surface area contributed by atoms with Gasteiger partial charge in [-0.05, 0) is 28.7 Å². The van der Waals surface area contributed by atoms with Gasteiger partial charge in [0.25, 0.3) is 0 Å². The summed E-state index contributed by atoms with van der Waals surface area (Å²) in [5.74, 6) is 0. The molecule has 0 unspecified atom stereocenters. The first kappa shape index (κ1) is 8.25. The third-order valence-electron chi connectivity index (χ3n) is 1.72. The van der Waals surface area contributed by atoms with E-state index in [1.54, 1.807) is 0 Å². The Bertz CT molecular complexity index is 437. The zero-order valence-electron chi connectivity index (χ0n) is 6.25. The SMILES string of the molecule is Cn1c(I)cc2c(Cl)ncnc21. The van der Waals surface area contributed by atoms with E-state index in [2.05, 4.69) is 32.6 Å². The molecule has 12 heavy (non-hydrogen) atoms. The zero-order valence-corrected chi connectivity index (χ0v) is 9.17. The maximum Gasteiger partial charge on any atom is 0.145 e. The van der Waals surface area contributed by atoms with Crippen LogP contribution < -0.4 is 0 Å².